The van der Waals surface area contributed by atoms with Gasteiger partial charge in [0.05, 0.1) is 37.6 Å². The van der Waals surface area contributed by atoms with Gasteiger partial charge in [-0.25, -0.2) is 0 Å². The molecular formula is C34H33N3O6. The SMILES string of the molecule is COc1cc(C(=O)N2CC3CC(O)C[C@H]3C2)ccc1-c1cc2nccc(-c3ccc(OC4CCOCC4)c(C#N)c3)c2o1. The van der Waals surface area contributed by atoms with Crippen molar-refractivity contribution in [1.82, 2.24) is 9.88 Å². The number of carbonyl (C=O) groups is 1. The summed E-state index contributed by atoms with van der Waals surface area (Å²) >= 11 is 0. The Morgan fingerprint density at radius 2 is 1.81 bits per heavy atom. The molecule has 1 amide bonds. The summed E-state index contributed by atoms with van der Waals surface area (Å²) in [6, 6.07) is 17.0. The van der Waals surface area contributed by atoms with Gasteiger partial charge in [0.25, 0.3) is 5.91 Å². The second-order valence-corrected chi connectivity index (χ2v) is 11.7. The molecule has 0 spiro atoms. The lowest BCUT2D eigenvalue weighted by molar-refractivity contribution is 0.0254. The number of nitrogens with zero attached hydrogens (tertiary/aromatic N) is 3. The molecule has 7 rings (SSSR count). The molecule has 2 aliphatic heterocycles. The monoisotopic (exact) mass is 579 g/mol. The summed E-state index contributed by atoms with van der Waals surface area (Å²) in [7, 11) is 1.58. The lowest BCUT2D eigenvalue weighted by Crippen LogP contribution is -2.30. The van der Waals surface area contributed by atoms with E-state index in [1.165, 1.54) is 0 Å². The third kappa shape index (κ3) is 5.22. The second kappa shape index (κ2) is 11.4. The summed E-state index contributed by atoms with van der Waals surface area (Å²) in [5.74, 6) is 2.38. The summed E-state index contributed by atoms with van der Waals surface area (Å²) in [5.41, 5.74) is 4.61. The van der Waals surface area contributed by atoms with Crippen LogP contribution >= 0.6 is 0 Å². The maximum Gasteiger partial charge on any atom is 0.254 e. The Bertz CT molecular complexity index is 1710. The Morgan fingerprint density at radius 1 is 1.02 bits per heavy atom. The molecule has 2 aromatic carbocycles. The fourth-order valence-corrected chi connectivity index (χ4v) is 6.80. The third-order valence-electron chi connectivity index (χ3n) is 9.01. The van der Waals surface area contributed by atoms with Gasteiger partial charge >= 0.3 is 0 Å². The minimum absolute atomic E-state index is 0.0279. The molecule has 4 aromatic rings. The highest BCUT2D eigenvalue weighted by Gasteiger charge is 2.42. The largest absolute Gasteiger partial charge is 0.496 e. The molecule has 4 heterocycles. The van der Waals surface area contributed by atoms with E-state index in [-0.39, 0.29) is 18.1 Å². The molecule has 9 nitrogen and oxygen atoms in total. The standard InChI is InChI=1S/C34H33N3O6/c1-40-31-15-21(34(39)37-18-23-13-25(38)14-24(23)19-37)2-4-28(31)32-16-29-33(43-32)27(6-9-36-29)20-3-5-30(22(12-20)17-35)42-26-7-10-41-11-8-26/h2-6,9,12,15-16,23-26,38H,7-8,10-11,13-14,18-19H2,1H3/t23-,24?,25?/m0/s1. The van der Waals surface area contributed by atoms with Crippen LogP contribution in [-0.4, -0.2) is 66.5 Å². The summed E-state index contributed by atoms with van der Waals surface area (Å²) in [6.07, 6.45) is 4.65. The molecule has 43 heavy (non-hydrogen) atoms. The van der Waals surface area contributed by atoms with E-state index in [0.717, 1.165) is 36.8 Å². The number of nitriles is 1. The number of ether oxygens (including phenoxy) is 3. The van der Waals surface area contributed by atoms with Crippen LogP contribution in [0, 0.1) is 23.2 Å². The van der Waals surface area contributed by atoms with E-state index in [2.05, 4.69) is 11.1 Å². The second-order valence-electron chi connectivity index (χ2n) is 11.7. The van der Waals surface area contributed by atoms with Gasteiger partial charge in [-0.15, -0.1) is 0 Å². The van der Waals surface area contributed by atoms with Crippen molar-refractivity contribution >= 4 is 17.0 Å². The maximum atomic E-state index is 13.3. The molecule has 2 saturated heterocycles. The number of aromatic nitrogens is 1. The molecule has 220 valence electrons. The predicted octanol–water partition coefficient (Wildman–Crippen LogP) is 5.44. The van der Waals surface area contributed by atoms with E-state index in [9.17, 15) is 15.2 Å². The molecule has 3 aliphatic rings. The van der Waals surface area contributed by atoms with Crippen molar-refractivity contribution in [1.29, 1.82) is 5.26 Å². The molecule has 1 aliphatic carbocycles. The Morgan fingerprint density at radius 3 is 2.56 bits per heavy atom. The van der Waals surface area contributed by atoms with Crippen molar-refractivity contribution < 1.29 is 28.5 Å². The minimum Gasteiger partial charge on any atom is -0.496 e. The fraction of sp³-hybridized carbons (Fsp3) is 0.382. The smallest absolute Gasteiger partial charge is 0.254 e. The number of likely N-dealkylation sites (tertiary alicyclic amines) is 1. The Balaban J connectivity index is 1.16. The van der Waals surface area contributed by atoms with Crippen LogP contribution in [0.5, 0.6) is 11.5 Å². The highest BCUT2D eigenvalue weighted by Crippen LogP contribution is 2.41. The normalized spacial score (nSPS) is 22.0. The van der Waals surface area contributed by atoms with E-state index in [1.807, 2.05) is 41.3 Å². The molecule has 3 fully saturated rings. The van der Waals surface area contributed by atoms with Crippen molar-refractivity contribution in [3.05, 3.63) is 65.9 Å². The summed E-state index contributed by atoms with van der Waals surface area (Å²) in [5, 5.41) is 19.8. The zero-order valence-electron chi connectivity index (χ0n) is 24.0. The van der Waals surface area contributed by atoms with Gasteiger partial charge in [0.1, 0.15) is 34.9 Å². The van der Waals surface area contributed by atoms with Gasteiger partial charge < -0.3 is 28.6 Å². The molecular weight excluding hydrogens is 546 g/mol. The first kappa shape index (κ1) is 27.4. The maximum absolute atomic E-state index is 13.3. The van der Waals surface area contributed by atoms with E-state index >= 15 is 0 Å². The van der Waals surface area contributed by atoms with E-state index in [4.69, 9.17) is 18.6 Å². The molecule has 2 unspecified atom stereocenters. The molecule has 1 saturated carbocycles. The van der Waals surface area contributed by atoms with E-state index < -0.39 is 0 Å². The third-order valence-corrected chi connectivity index (χ3v) is 9.01. The Labute approximate surface area is 249 Å². The van der Waals surface area contributed by atoms with Crippen LogP contribution in [0.15, 0.2) is 59.1 Å². The van der Waals surface area contributed by atoms with Gasteiger partial charge in [0.2, 0.25) is 0 Å². The molecule has 9 heteroatoms. The molecule has 2 aromatic heterocycles. The van der Waals surface area contributed by atoms with Crippen molar-refractivity contribution in [3.63, 3.8) is 0 Å². The van der Waals surface area contributed by atoms with Crippen LogP contribution in [0.2, 0.25) is 0 Å². The van der Waals surface area contributed by atoms with Gasteiger partial charge in [-0.2, -0.15) is 5.26 Å². The van der Waals surface area contributed by atoms with Crippen LogP contribution in [0.4, 0.5) is 0 Å². The average Bonchev–Trinajstić information content (AvgIpc) is 3.74. The molecule has 0 radical (unpaired) electrons. The number of carbonyl (C=O) groups excluding carboxylic acids is 1. The number of methoxy groups -OCH3 is 1. The topological polar surface area (TPSA) is 118 Å². The molecule has 3 atom stereocenters. The average molecular weight is 580 g/mol. The lowest BCUT2D eigenvalue weighted by atomic mass is 10.0. The number of hydrogen-bond donors (Lipinski definition) is 1. The quantitative estimate of drug-likeness (QED) is 0.321. The van der Waals surface area contributed by atoms with E-state index in [0.29, 0.717) is 83.2 Å². The number of furan rings is 1. The number of aliphatic hydroxyl groups excluding tert-OH is 1. The van der Waals surface area contributed by atoms with Gasteiger partial charge in [-0.1, -0.05) is 6.07 Å². The van der Waals surface area contributed by atoms with E-state index in [1.54, 1.807) is 25.4 Å². The van der Waals surface area contributed by atoms with Crippen LogP contribution in [-0.2, 0) is 4.74 Å². The van der Waals surface area contributed by atoms with Crippen molar-refractivity contribution in [2.24, 2.45) is 11.8 Å². The summed E-state index contributed by atoms with van der Waals surface area (Å²) < 4.78 is 23.7. The number of pyridine rings is 1. The van der Waals surface area contributed by atoms with Crippen LogP contribution in [0.3, 0.4) is 0 Å². The first-order chi connectivity index (χ1) is 21.0. The predicted molar refractivity (Wildman–Crippen MR) is 159 cm³/mol. The molecule has 0 bridgehead atoms. The van der Waals surface area contributed by atoms with Gasteiger partial charge in [-0.3, -0.25) is 9.78 Å². The number of amides is 1. The number of fused-ring (bicyclic) bond motifs is 2. The summed E-state index contributed by atoms with van der Waals surface area (Å²) in [4.78, 5) is 19.8. The van der Waals surface area contributed by atoms with Crippen LogP contribution in [0.1, 0.15) is 41.6 Å². The van der Waals surface area contributed by atoms with Gasteiger partial charge in [-0.05, 0) is 66.6 Å². The number of hydrogen-bond acceptors (Lipinski definition) is 8. The van der Waals surface area contributed by atoms with Gasteiger partial charge in [0.15, 0.2) is 5.58 Å². The Hall–Kier alpha value is -4.39. The number of aliphatic hydroxyl groups is 1. The zero-order chi connectivity index (χ0) is 29.5. The number of benzene rings is 2. The first-order valence-electron chi connectivity index (χ1n) is 14.8. The van der Waals surface area contributed by atoms with Gasteiger partial charge in [0, 0.05) is 49.3 Å². The molecule has 1 N–H and O–H groups in total. The van der Waals surface area contributed by atoms with Crippen molar-refractivity contribution in [2.45, 2.75) is 37.9 Å². The Kier molecular flexibility index (Phi) is 7.25. The first-order valence-corrected chi connectivity index (χ1v) is 14.8. The lowest BCUT2D eigenvalue weighted by Gasteiger charge is -2.23. The van der Waals surface area contributed by atoms with Crippen molar-refractivity contribution in [3.8, 4) is 40.0 Å². The highest BCUT2D eigenvalue weighted by atomic mass is 16.5. The summed E-state index contributed by atoms with van der Waals surface area (Å²) in [6.45, 7) is 2.68. The number of rotatable bonds is 6. The van der Waals surface area contributed by atoms with Crippen LogP contribution in [0.25, 0.3) is 33.6 Å². The highest BCUT2D eigenvalue weighted by molar-refractivity contribution is 5.97. The fourth-order valence-electron chi connectivity index (χ4n) is 6.80. The van der Waals surface area contributed by atoms with Crippen LogP contribution < -0.4 is 9.47 Å². The van der Waals surface area contributed by atoms with Crippen molar-refractivity contribution in [2.75, 3.05) is 33.4 Å². The minimum atomic E-state index is -0.241. The zero-order valence-corrected chi connectivity index (χ0v) is 24.0.